The highest BCUT2D eigenvalue weighted by atomic mass is 79.9. The average molecular weight is 247 g/mol. The number of nitrogens with zero attached hydrogens (tertiary/aromatic N) is 2. The summed E-state index contributed by atoms with van der Waals surface area (Å²) in [5.41, 5.74) is 0.564. The molecule has 72 valence electrons. The van der Waals surface area contributed by atoms with Gasteiger partial charge in [-0.05, 0) is 22.9 Å². The molecule has 0 aliphatic heterocycles. The lowest BCUT2D eigenvalue weighted by molar-refractivity contribution is 0.111. The van der Waals surface area contributed by atoms with Gasteiger partial charge < -0.3 is 9.30 Å². The van der Waals surface area contributed by atoms with Crippen molar-refractivity contribution in [1.82, 2.24) is 9.55 Å². The lowest BCUT2D eigenvalue weighted by Crippen LogP contribution is -2.09. The maximum Gasteiger partial charge on any atom is 0.169 e. The summed E-state index contributed by atoms with van der Waals surface area (Å²) in [7, 11) is 1.63. The average Bonchev–Trinajstić information content (AvgIpc) is 2.37. The molecule has 0 atom stereocenters. The zero-order valence-corrected chi connectivity index (χ0v) is 9.17. The van der Waals surface area contributed by atoms with Crippen LogP contribution in [-0.2, 0) is 11.3 Å². The van der Waals surface area contributed by atoms with Crippen molar-refractivity contribution < 1.29 is 9.53 Å². The van der Waals surface area contributed by atoms with Crippen LogP contribution in [0.4, 0.5) is 0 Å². The third kappa shape index (κ3) is 2.16. The molecule has 1 aromatic heterocycles. The molecule has 4 nitrogen and oxygen atoms in total. The van der Waals surface area contributed by atoms with Gasteiger partial charge in [-0.25, -0.2) is 4.98 Å². The van der Waals surface area contributed by atoms with Gasteiger partial charge in [0.2, 0.25) is 0 Å². The van der Waals surface area contributed by atoms with E-state index in [1.165, 1.54) is 0 Å². The quantitative estimate of drug-likeness (QED) is 0.755. The molecule has 0 bridgehead atoms. The molecule has 0 aromatic carbocycles. The summed E-state index contributed by atoms with van der Waals surface area (Å²) in [6.45, 7) is 3.08. The largest absolute Gasteiger partial charge is 0.383 e. The normalized spacial score (nSPS) is 10.4. The fourth-order valence-electron chi connectivity index (χ4n) is 1.12. The third-order valence-electron chi connectivity index (χ3n) is 1.78. The van der Waals surface area contributed by atoms with Crippen LogP contribution in [0.5, 0.6) is 0 Å². The molecule has 0 N–H and O–H groups in total. The van der Waals surface area contributed by atoms with Crippen molar-refractivity contribution in [1.29, 1.82) is 0 Å². The molecule has 1 aromatic rings. The van der Waals surface area contributed by atoms with Crippen LogP contribution in [0.15, 0.2) is 4.60 Å². The highest BCUT2D eigenvalue weighted by molar-refractivity contribution is 9.10. The first kappa shape index (κ1) is 10.4. The maximum absolute atomic E-state index is 10.7. The predicted octanol–water partition coefficient (Wildman–Crippen LogP) is 1.41. The Hall–Kier alpha value is -0.680. The number of hydrogen-bond acceptors (Lipinski definition) is 3. The molecule has 0 aliphatic rings. The van der Waals surface area contributed by atoms with E-state index in [1.807, 2.05) is 11.5 Å². The van der Waals surface area contributed by atoms with E-state index < -0.39 is 0 Å². The van der Waals surface area contributed by atoms with E-state index in [-0.39, 0.29) is 0 Å². The monoisotopic (exact) mass is 246 g/mol. The third-order valence-corrected chi connectivity index (χ3v) is 2.37. The number of halogens is 1. The number of carbonyl (C=O) groups excluding carboxylic acids is 1. The number of rotatable bonds is 4. The van der Waals surface area contributed by atoms with Gasteiger partial charge in [-0.3, -0.25) is 4.79 Å². The van der Waals surface area contributed by atoms with E-state index in [9.17, 15) is 4.79 Å². The van der Waals surface area contributed by atoms with Gasteiger partial charge in [0.05, 0.1) is 6.61 Å². The van der Waals surface area contributed by atoms with E-state index in [4.69, 9.17) is 4.74 Å². The van der Waals surface area contributed by atoms with Crippen molar-refractivity contribution in [3.63, 3.8) is 0 Å². The standard InChI is InChI=1S/C8H11BrN2O2/c1-6-10-8(9)7(5-12)11(6)3-4-13-2/h5H,3-4H2,1-2H3. The first-order chi connectivity index (χ1) is 6.20. The van der Waals surface area contributed by atoms with Crippen molar-refractivity contribution in [2.45, 2.75) is 13.5 Å². The molecular weight excluding hydrogens is 236 g/mol. The van der Waals surface area contributed by atoms with Gasteiger partial charge in [-0.15, -0.1) is 0 Å². The number of hydrogen-bond donors (Lipinski definition) is 0. The molecule has 1 heterocycles. The van der Waals surface area contributed by atoms with Crippen molar-refractivity contribution in [2.24, 2.45) is 0 Å². The Morgan fingerprint density at radius 3 is 2.92 bits per heavy atom. The van der Waals surface area contributed by atoms with Gasteiger partial charge in [-0.2, -0.15) is 0 Å². The van der Waals surface area contributed by atoms with E-state index in [0.717, 1.165) is 12.1 Å². The molecular formula is C8H11BrN2O2. The number of aldehydes is 1. The highest BCUT2D eigenvalue weighted by Crippen LogP contribution is 2.15. The molecule has 0 fully saturated rings. The molecule has 0 amide bonds. The Balaban J connectivity index is 2.95. The smallest absolute Gasteiger partial charge is 0.169 e. The molecule has 0 saturated heterocycles. The molecule has 13 heavy (non-hydrogen) atoms. The minimum Gasteiger partial charge on any atom is -0.383 e. The summed E-state index contributed by atoms with van der Waals surface area (Å²) >= 11 is 3.22. The van der Waals surface area contributed by atoms with Crippen molar-refractivity contribution >= 4 is 22.2 Å². The Morgan fingerprint density at radius 1 is 1.69 bits per heavy atom. The van der Waals surface area contributed by atoms with Crippen LogP contribution in [0, 0.1) is 6.92 Å². The Morgan fingerprint density at radius 2 is 2.38 bits per heavy atom. The number of carbonyl (C=O) groups is 1. The van der Waals surface area contributed by atoms with E-state index in [1.54, 1.807) is 7.11 Å². The second-order valence-electron chi connectivity index (χ2n) is 2.60. The molecule has 0 spiro atoms. The summed E-state index contributed by atoms with van der Waals surface area (Å²) in [5, 5.41) is 0. The van der Waals surface area contributed by atoms with Crippen LogP contribution in [0.1, 0.15) is 16.3 Å². The minimum absolute atomic E-state index is 0.564. The van der Waals surface area contributed by atoms with Crippen molar-refractivity contribution in [3.05, 3.63) is 16.1 Å². The lowest BCUT2D eigenvalue weighted by Gasteiger charge is -2.05. The Bertz CT molecular complexity index is 309. The van der Waals surface area contributed by atoms with Gasteiger partial charge in [0.25, 0.3) is 0 Å². The highest BCUT2D eigenvalue weighted by Gasteiger charge is 2.10. The fraction of sp³-hybridized carbons (Fsp3) is 0.500. The Labute approximate surface area is 85.0 Å². The summed E-state index contributed by atoms with van der Waals surface area (Å²) < 4.78 is 7.34. The lowest BCUT2D eigenvalue weighted by atomic mass is 10.5. The van der Waals surface area contributed by atoms with E-state index in [0.29, 0.717) is 23.4 Å². The van der Waals surface area contributed by atoms with Gasteiger partial charge >= 0.3 is 0 Å². The van der Waals surface area contributed by atoms with Crippen LogP contribution in [0.25, 0.3) is 0 Å². The number of ether oxygens (including phenoxy) is 1. The maximum atomic E-state index is 10.7. The number of imidazole rings is 1. The second-order valence-corrected chi connectivity index (χ2v) is 3.35. The van der Waals surface area contributed by atoms with Crippen molar-refractivity contribution in [2.75, 3.05) is 13.7 Å². The van der Waals surface area contributed by atoms with Gasteiger partial charge in [0, 0.05) is 13.7 Å². The van der Waals surface area contributed by atoms with Crippen LogP contribution in [-0.4, -0.2) is 29.6 Å². The molecule has 5 heteroatoms. The molecule has 0 saturated carbocycles. The predicted molar refractivity (Wildman–Crippen MR) is 51.9 cm³/mol. The number of methoxy groups -OCH3 is 1. The summed E-state index contributed by atoms with van der Waals surface area (Å²) in [6.07, 6.45) is 0.791. The van der Waals surface area contributed by atoms with Gasteiger partial charge in [0.1, 0.15) is 16.1 Å². The van der Waals surface area contributed by atoms with Crippen LogP contribution < -0.4 is 0 Å². The SMILES string of the molecule is COCCn1c(C)nc(Br)c1C=O. The van der Waals surface area contributed by atoms with E-state index in [2.05, 4.69) is 20.9 Å². The molecule has 0 unspecified atom stereocenters. The summed E-state index contributed by atoms with van der Waals surface area (Å²) in [6, 6.07) is 0. The minimum atomic E-state index is 0.564. The molecule has 0 radical (unpaired) electrons. The van der Waals surface area contributed by atoms with Crippen LogP contribution in [0.3, 0.4) is 0 Å². The molecule has 1 rings (SSSR count). The zero-order valence-electron chi connectivity index (χ0n) is 7.58. The zero-order chi connectivity index (χ0) is 9.84. The van der Waals surface area contributed by atoms with Gasteiger partial charge in [0.15, 0.2) is 6.29 Å². The van der Waals surface area contributed by atoms with Crippen LogP contribution in [0.2, 0.25) is 0 Å². The Kier molecular flexibility index (Phi) is 3.62. The van der Waals surface area contributed by atoms with Crippen LogP contribution >= 0.6 is 15.9 Å². The number of aromatic nitrogens is 2. The number of aryl methyl sites for hydroxylation is 1. The molecule has 0 aliphatic carbocycles. The van der Waals surface area contributed by atoms with Gasteiger partial charge in [-0.1, -0.05) is 0 Å². The fourth-order valence-corrected chi connectivity index (χ4v) is 1.69. The summed E-state index contributed by atoms with van der Waals surface area (Å²) in [5.74, 6) is 0.811. The van der Waals surface area contributed by atoms with Crippen molar-refractivity contribution in [3.8, 4) is 0 Å². The summed E-state index contributed by atoms with van der Waals surface area (Å²) in [4.78, 5) is 14.8. The van der Waals surface area contributed by atoms with E-state index >= 15 is 0 Å². The topological polar surface area (TPSA) is 44.1 Å². The second kappa shape index (κ2) is 4.53. The first-order valence-electron chi connectivity index (χ1n) is 3.87. The first-order valence-corrected chi connectivity index (χ1v) is 4.66.